The Morgan fingerprint density at radius 2 is 1.79 bits per heavy atom. The first-order chi connectivity index (χ1) is 16.4. The number of anilines is 1. The molecule has 4 aromatic rings. The minimum Gasteiger partial charge on any atom is -0.325 e. The van der Waals surface area contributed by atoms with Gasteiger partial charge in [0.05, 0.1) is 5.75 Å². The Hall–Kier alpha value is -3.09. The third-order valence-electron chi connectivity index (χ3n) is 5.70. The molecule has 4 rings (SSSR count). The zero-order chi connectivity index (χ0) is 24.1. The van der Waals surface area contributed by atoms with Gasteiger partial charge in [0.25, 0.3) is 0 Å². The predicted molar refractivity (Wildman–Crippen MR) is 141 cm³/mol. The van der Waals surface area contributed by atoms with Gasteiger partial charge in [0.2, 0.25) is 5.91 Å². The quantitative estimate of drug-likeness (QED) is 0.266. The van der Waals surface area contributed by atoms with E-state index in [0.717, 1.165) is 34.7 Å². The molecule has 174 valence electrons. The molecule has 1 N–H and O–H groups in total. The van der Waals surface area contributed by atoms with Crippen molar-refractivity contribution in [3.05, 3.63) is 88.9 Å². The van der Waals surface area contributed by atoms with Crippen LogP contribution in [0.5, 0.6) is 0 Å². The van der Waals surface area contributed by atoms with Crippen LogP contribution in [0.15, 0.2) is 78.0 Å². The van der Waals surface area contributed by atoms with E-state index in [9.17, 15) is 4.79 Å². The lowest BCUT2D eigenvalue weighted by Gasteiger charge is -2.12. The number of thioether (sulfide) groups is 1. The van der Waals surface area contributed by atoms with Gasteiger partial charge in [-0.2, -0.15) is 0 Å². The second-order valence-corrected chi connectivity index (χ2v) is 9.63. The molecule has 0 saturated heterocycles. The van der Waals surface area contributed by atoms with Crippen molar-refractivity contribution in [3.8, 4) is 17.1 Å². The van der Waals surface area contributed by atoms with Crippen LogP contribution in [0.4, 0.5) is 5.69 Å². The fourth-order valence-electron chi connectivity index (χ4n) is 3.62. The van der Waals surface area contributed by atoms with Crippen molar-refractivity contribution < 1.29 is 4.79 Å². The highest BCUT2D eigenvalue weighted by molar-refractivity contribution is 7.99. The Morgan fingerprint density at radius 1 is 1.06 bits per heavy atom. The molecule has 0 aliphatic heterocycles. The van der Waals surface area contributed by atoms with Gasteiger partial charge in [0, 0.05) is 22.0 Å². The van der Waals surface area contributed by atoms with E-state index < -0.39 is 0 Å². The summed E-state index contributed by atoms with van der Waals surface area (Å²) < 4.78 is 1.96. The number of benzene rings is 3. The van der Waals surface area contributed by atoms with Crippen LogP contribution in [-0.2, 0) is 4.79 Å². The molecule has 1 aromatic heterocycles. The van der Waals surface area contributed by atoms with Crippen molar-refractivity contribution in [2.75, 3.05) is 11.1 Å². The molecule has 0 radical (unpaired) electrons. The van der Waals surface area contributed by atoms with E-state index in [1.165, 1.54) is 17.3 Å². The molecule has 3 aromatic carbocycles. The molecular formula is C27H27ClN4OS. The topological polar surface area (TPSA) is 59.8 Å². The van der Waals surface area contributed by atoms with Gasteiger partial charge in [-0.3, -0.25) is 9.36 Å². The molecule has 0 aliphatic carbocycles. The van der Waals surface area contributed by atoms with Crippen LogP contribution in [0.1, 0.15) is 37.3 Å². The number of nitrogens with one attached hydrogen (secondary N) is 1. The Morgan fingerprint density at radius 3 is 2.47 bits per heavy atom. The number of aryl methyl sites for hydroxylation is 1. The first kappa shape index (κ1) is 24.0. The third-order valence-corrected chi connectivity index (χ3v) is 6.88. The molecule has 0 fully saturated rings. The summed E-state index contributed by atoms with van der Waals surface area (Å²) in [7, 11) is 0. The zero-order valence-corrected chi connectivity index (χ0v) is 21.0. The number of carbonyl (C=O) groups excluding carboxylic acids is 1. The summed E-state index contributed by atoms with van der Waals surface area (Å²) in [6, 6.07) is 23.7. The van der Waals surface area contributed by atoms with Crippen molar-refractivity contribution in [3.63, 3.8) is 0 Å². The van der Waals surface area contributed by atoms with Crippen LogP contribution in [0.2, 0.25) is 5.02 Å². The van der Waals surface area contributed by atoms with Crippen LogP contribution in [-0.4, -0.2) is 26.4 Å². The smallest absolute Gasteiger partial charge is 0.234 e. The summed E-state index contributed by atoms with van der Waals surface area (Å²) in [5.74, 6) is 1.34. The Labute approximate surface area is 209 Å². The fraction of sp³-hybridized carbons (Fsp3) is 0.222. The number of nitrogens with zero attached hydrogens (tertiary/aromatic N) is 3. The van der Waals surface area contributed by atoms with E-state index in [1.807, 2.05) is 66.1 Å². The summed E-state index contributed by atoms with van der Waals surface area (Å²) in [6.45, 7) is 6.42. The minimum absolute atomic E-state index is 0.0935. The molecule has 0 saturated carbocycles. The number of carbonyl (C=O) groups is 1. The number of rotatable bonds is 8. The molecule has 5 nitrogen and oxygen atoms in total. The van der Waals surface area contributed by atoms with E-state index in [0.29, 0.717) is 16.1 Å². The van der Waals surface area contributed by atoms with Crippen molar-refractivity contribution in [2.45, 2.75) is 38.3 Å². The van der Waals surface area contributed by atoms with Gasteiger partial charge in [-0.15, -0.1) is 10.2 Å². The molecule has 1 heterocycles. The Kier molecular flexibility index (Phi) is 7.70. The molecular weight excluding hydrogens is 464 g/mol. The average Bonchev–Trinajstić information content (AvgIpc) is 3.27. The second kappa shape index (κ2) is 10.9. The van der Waals surface area contributed by atoms with Crippen molar-refractivity contribution >= 4 is 35.0 Å². The van der Waals surface area contributed by atoms with Crippen molar-refractivity contribution in [1.82, 2.24) is 14.8 Å². The number of amides is 1. The first-order valence-electron chi connectivity index (χ1n) is 11.3. The maximum atomic E-state index is 12.7. The van der Waals surface area contributed by atoms with Gasteiger partial charge in [0.15, 0.2) is 11.0 Å². The van der Waals surface area contributed by atoms with E-state index in [2.05, 4.69) is 47.6 Å². The maximum Gasteiger partial charge on any atom is 0.234 e. The molecule has 0 spiro atoms. The van der Waals surface area contributed by atoms with Crippen LogP contribution >= 0.6 is 23.4 Å². The molecule has 1 amide bonds. The monoisotopic (exact) mass is 490 g/mol. The van der Waals surface area contributed by atoms with E-state index in [4.69, 9.17) is 11.6 Å². The van der Waals surface area contributed by atoms with Gasteiger partial charge < -0.3 is 5.32 Å². The second-order valence-electron chi connectivity index (χ2n) is 8.26. The Bertz CT molecular complexity index is 1270. The normalized spacial score (nSPS) is 11.9. The fourth-order valence-corrected chi connectivity index (χ4v) is 4.49. The largest absolute Gasteiger partial charge is 0.325 e. The summed E-state index contributed by atoms with van der Waals surface area (Å²) in [6.07, 6.45) is 1.08. The first-order valence-corrected chi connectivity index (χ1v) is 12.6. The van der Waals surface area contributed by atoms with E-state index in [1.54, 1.807) is 0 Å². The standard InChI is InChI=1S/C27H27ClN4OS/c1-4-19(3)20-8-12-23(13-9-20)29-25(33)17-34-27-31-30-26(21-7-5-6-18(2)16-21)32(27)24-14-10-22(28)11-15-24/h5-16,19H,4,17H2,1-3H3,(H,29,33). The SMILES string of the molecule is CCC(C)c1ccc(NC(=O)CSc2nnc(-c3cccc(C)c3)n2-c2ccc(Cl)cc2)cc1. The van der Waals surface area contributed by atoms with Gasteiger partial charge in [0.1, 0.15) is 0 Å². The maximum absolute atomic E-state index is 12.7. The predicted octanol–water partition coefficient (Wildman–Crippen LogP) is 7.14. The number of halogens is 1. The van der Waals surface area contributed by atoms with Crippen LogP contribution in [0.3, 0.4) is 0 Å². The molecule has 1 atom stereocenters. The molecule has 7 heteroatoms. The van der Waals surface area contributed by atoms with Crippen LogP contribution in [0, 0.1) is 6.92 Å². The van der Waals surface area contributed by atoms with Gasteiger partial charge in [-0.05, 0) is 67.3 Å². The third kappa shape index (κ3) is 5.69. The van der Waals surface area contributed by atoms with Crippen LogP contribution in [0.25, 0.3) is 17.1 Å². The van der Waals surface area contributed by atoms with E-state index >= 15 is 0 Å². The van der Waals surface area contributed by atoms with E-state index in [-0.39, 0.29) is 11.7 Å². The van der Waals surface area contributed by atoms with Crippen molar-refractivity contribution in [2.24, 2.45) is 0 Å². The summed E-state index contributed by atoms with van der Waals surface area (Å²) in [5.41, 5.74) is 5.04. The van der Waals surface area contributed by atoms with Gasteiger partial charge >= 0.3 is 0 Å². The summed E-state index contributed by atoms with van der Waals surface area (Å²) >= 11 is 7.46. The van der Waals surface area contributed by atoms with Gasteiger partial charge in [-0.25, -0.2) is 0 Å². The summed E-state index contributed by atoms with van der Waals surface area (Å²) in [5, 5.41) is 13.1. The number of aromatic nitrogens is 3. The van der Waals surface area contributed by atoms with Crippen molar-refractivity contribution in [1.29, 1.82) is 0 Å². The minimum atomic E-state index is -0.0935. The lowest BCUT2D eigenvalue weighted by atomic mass is 9.99. The number of hydrogen-bond acceptors (Lipinski definition) is 4. The molecule has 1 unspecified atom stereocenters. The van der Waals surface area contributed by atoms with Crippen LogP contribution < -0.4 is 5.32 Å². The average molecular weight is 491 g/mol. The highest BCUT2D eigenvalue weighted by Gasteiger charge is 2.17. The highest BCUT2D eigenvalue weighted by atomic mass is 35.5. The molecule has 0 aliphatic rings. The lowest BCUT2D eigenvalue weighted by molar-refractivity contribution is -0.113. The van der Waals surface area contributed by atoms with Gasteiger partial charge in [-0.1, -0.05) is 73.1 Å². The zero-order valence-electron chi connectivity index (χ0n) is 19.5. The Balaban J connectivity index is 1.53. The number of hydrogen-bond donors (Lipinski definition) is 1. The summed E-state index contributed by atoms with van der Waals surface area (Å²) in [4.78, 5) is 12.7. The molecule has 0 bridgehead atoms. The highest BCUT2D eigenvalue weighted by Crippen LogP contribution is 2.29. The molecule has 34 heavy (non-hydrogen) atoms. The lowest BCUT2D eigenvalue weighted by Crippen LogP contribution is -2.14.